The van der Waals surface area contributed by atoms with Crippen LogP contribution in [0, 0.1) is 0 Å². The van der Waals surface area contributed by atoms with Crippen molar-refractivity contribution in [3.8, 4) is 5.75 Å². The molecule has 4 heteroatoms. The Bertz CT molecular complexity index is 866. The van der Waals surface area contributed by atoms with Gasteiger partial charge < -0.3 is 9.47 Å². The van der Waals surface area contributed by atoms with Gasteiger partial charge in [0.2, 0.25) is 0 Å². The number of fused-ring (bicyclic) bond motifs is 1. The van der Waals surface area contributed by atoms with E-state index < -0.39 is 0 Å². The highest BCUT2D eigenvalue weighted by Crippen LogP contribution is 2.27. The number of benzene rings is 2. The largest absolute Gasteiger partial charge is 0.497 e. The SMILES string of the molecule is COc1ccc2cc(C3CN(CCc4ccccn4)CCO3)ccc2c1. The van der Waals surface area contributed by atoms with E-state index in [2.05, 4.69) is 52.3 Å². The van der Waals surface area contributed by atoms with Gasteiger partial charge in [-0.2, -0.15) is 0 Å². The first-order valence-corrected chi connectivity index (χ1v) is 9.13. The van der Waals surface area contributed by atoms with E-state index in [-0.39, 0.29) is 6.10 Å². The number of hydrogen-bond acceptors (Lipinski definition) is 4. The molecule has 1 fully saturated rings. The summed E-state index contributed by atoms with van der Waals surface area (Å²) >= 11 is 0. The summed E-state index contributed by atoms with van der Waals surface area (Å²) < 4.78 is 11.4. The van der Waals surface area contributed by atoms with Crippen molar-refractivity contribution < 1.29 is 9.47 Å². The minimum atomic E-state index is 0.124. The molecule has 1 saturated heterocycles. The minimum absolute atomic E-state index is 0.124. The number of hydrogen-bond donors (Lipinski definition) is 0. The maximum Gasteiger partial charge on any atom is 0.119 e. The average molecular weight is 348 g/mol. The Morgan fingerprint density at radius 3 is 2.85 bits per heavy atom. The van der Waals surface area contributed by atoms with Crippen molar-refractivity contribution in [2.45, 2.75) is 12.5 Å². The van der Waals surface area contributed by atoms with E-state index in [9.17, 15) is 0 Å². The molecule has 0 saturated carbocycles. The Hall–Kier alpha value is -2.43. The number of morpholine rings is 1. The molecule has 26 heavy (non-hydrogen) atoms. The van der Waals surface area contributed by atoms with Crippen LogP contribution in [0.25, 0.3) is 10.8 Å². The van der Waals surface area contributed by atoms with Crippen LogP contribution in [0.15, 0.2) is 60.8 Å². The van der Waals surface area contributed by atoms with Gasteiger partial charge in [-0.1, -0.05) is 24.3 Å². The lowest BCUT2D eigenvalue weighted by molar-refractivity contribution is -0.0295. The molecular weight excluding hydrogens is 324 g/mol. The van der Waals surface area contributed by atoms with Gasteiger partial charge in [-0.25, -0.2) is 0 Å². The van der Waals surface area contributed by atoms with E-state index in [0.717, 1.165) is 44.1 Å². The Labute approximate surface area is 154 Å². The summed E-state index contributed by atoms with van der Waals surface area (Å²) in [7, 11) is 1.70. The molecule has 0 radical (unpaired) electrons. The average Bonchev–Trinajstić information content (AvgIpc) is 2.72. The topological polar surface area (TPSA) is 34.6 Å². The van der Waals surface area contributed by atoms with Gasteiger partial charge in [0.1, 0.15) is 5.75 Å². The number of rotatable bonds is 5. The minimum Gasteiger partial charge on any atom is -0.497 e. The van der Waals surface area contributed by atoms with Gasteiger partial charge >= 0.3 is 0 Å². The molecule has 2 heterocycles. The fourth-order valence-electron chi connectivity index (χ4n) is 3.50. The lowest BCUT2D eigenvalue weighted by Gasteiger charge is -2.33. The summed E-state index contributed by atoms with van der Waals surface area (Å²) in [6.07, 6.45) is 2.96. The zero-order valence-electron chi connectivity index (χ0n) is 15.1. The highest BCUT2D eigenvalue weighted by Gasteiger charge is 2.22. The van der Waals surface area contributed by atoms with Gasteiger partial charge in [-0.15, -0.1) is 0 Å². The van der Waals surface area contributed by atoms with Crippen LogP contribution in [0.5, 0.6) is 5.75 Å². The van der Waals surface area contributed by atoms with Crippen molar-refractivity contribution >= 4 is 10.8 Å². The molecule has 1 atom stereocenters. The zero-order valence-corrected chi connectivity index (χ0v) is 15.1. The van der Waals surface area contributed by atoms with E-state index in [0.29, 0.717) is 0 Å². The van der Waals surface area contributed by atoms with Crippen LogP contribution in [-0.4, -0.2) is 43.2 Å². The number of methoxy groups -OCH3 is 1. The van der Waals surface area contributed by atoms with Crippen LogP contribution < -0.4 is 4.74 Å². The van der Waals surface area contributed by atoms with E-state index in [1.807, 2.05) is 18.3 Å². The number of aromatic nitrogens is 1. The van der Waals surface area contributed by atoms with Crippen LogP contribution in [0.1, 0.15) is 17.4 Å². The molecule has 3 aromatic rings. The first kappa shape index (κ1) is 17.0. The molecule has 2 aromatic carbocycles. The van der Waals surface area contributed by atoms with Crippen molar-refractivity contribution in [3.05, 3.63) is 72.1 Å². The lowest BCUT2D eigenvalue weighted by atomic mass is 10.0. The monoisotopic (exact) mass is 348 g/mol. The third-order valence-corrected chi connectivity index (χ3v) is 5.00. The Kier molecular flexibility index (Phi) is 5.14. The smallest absolute Gasteiger partial charge is 0.119 e. The first-order chi connectivity index (χ1) is 12.8. The second-order valence-electron chi connectivity index (χ2n) is 6.70. The van der Waals surface area contributed by atoms with Crippen LogP contribution in [-0.2, 0) is 11.2 Å². The molecule has 0 N–H and O–H groups in total. The highest BCUT2D eigenvalue weighted by atomic mass is 16.5. The van der Waals surface area contributed by atoms with Crippen molar-refractivity contribution in [2.75, 3.05) is 33.4 Å². The van der Waals surface area contributed by atoms with Crippen LogP contribution in [0.2, 0.25) is 0 Å². The van der Waals surface area contributed by atoms with E-state index in [4.69, 9.17) is 9.47 Å². The first-order valence-electron chi connectivity index (χ1n) is 9.13. The second kappa shape index (κ2) is 7.85. The Balaban J connectivity index is 1.44. The van der Waals surface area contributed by atoms with Crippen LogP contribution in [0.3, 0.4) is 0 Å². The maximum absolute atomic E-state index is 6.06. The molecule has 1 unspecified atom stereocenters. The van der Waals surface area contributed by atoms with E-state index in [1.165, 1.54) is 16.3 Å². The van der Waals surface area contributed by atoms with Gasteiger partial charge in [0.15, 0.2) is 0 Å². The Morgan fingerprint density at radius 2 is 2.00 bits per heavy atom. The predicted molar refractivity (Wildman–Crippen MR) is 104 cm³/mol. The summed E-state index contributed by atoms with van der Waals surface area (Å²) in [5.74, 6) is 0.889. The normalized spacial score (nSPS) is 18.1. The lowest BCUT2D eigenvalue weighted by Crippen LogP contribution is -2.39. The van der Waals surface area contributed by atoms with Gasteiger partial charge in [0.05, 0.1) is 19.8 Å². The fraction of sp³-hybridized carbons (Fsp3) is 0.318. The summed E-state index contributed by atoms with van der Waals surface area (Å²) in [4.78, 5) is 6.89. The number of nitrogens with zero attached hydrogens (tertiary/aromatic N) is 2. The number of pyridine rings is 1. The van der Waals surface area contributed by atoms with Gasteiger partial charge in [0.25, 0.3) is 0 Å². The van der Waals surface area contributed by atoms with E-state index in [1.54, 1.807) is 7.11 Å². The molecule has 0 aliphatic carbocycles. The zero-order chi connectivity index (χ0) is 17.8. The van der Waals surface area contributed by atoms with Crippen molar-refractivity contribution in [1.82, 2.24) is 9.88 Å². The van der Waals surface area contributed by atoms with Crippen LogP contribution in [0.4, 0.5) is 0 Å². The summed E-state index contributed by atoms with van der Waals surface area (Å²) in [6, 6.07) is 18.9. The van der Waals surface area contributed by atoms with Crippen LogP contribution >= 0.6 is 0 Å². The molecule has 4 rings (SSSR count). The summed E-state index contributed by atoms with van der Waals surface area (Å²) in [5, 5.41) is 2.41. The molecule has 0 bridgehead atoms. The molecule has 1 aliphatic heterocycles. The standard InChI is InChI=1S/C22H24N2O2/c1-25-21-8-7-17-14-19(6-5-18(17)15-21)22-16-24(12-13-26-22)11-9-20-4-2-3-10-23-20/h2-8,10,14-15,22H,9,11-13,16H2,1H3. The highest BCUT2D eigenvalue weighted by molar-refractivity contribution is 5.84. The molecule has 134 valence electrons. The third-order valence-electron chi connectivity index (χ3n) is 5.00. The van der Waals surface area contributed by atoms with Crippen molar-refractivity contribution in [2.24, 2.45) is 0 Å². The molecule has 1 aromatic heterocycles. The Morgan fingerprint density at radius 1 is 1.12 bits per heavy atom. The predicted octanol–water partition coefficient (Wildman–Crippen LogP) is 3.86. The molecular formula is C22H24N2O2. The van der Waals surface area contributed by atoms with Gasteiger partial charge in [-0.3, -0.25) is 9.88 Å². The second-order valence-corrected chi connectivity index (χ2v) is 6.70. The quantitative estimate of drug-likeness (QED) is 0.701. The van der Waals surface area contributed by atoms with Gasteiger partial charge in [0, 0.05) is 37.9 Å². The van der Waals surface area contributed by atoms with Crippen molar-refractivity contribution in [3.63, 3.8) is 0 Å². The molecule has 0 spiro atoms. The van der Waals surface area contributed by atoms with E-state index >= 15 is 0 Å². The fourth-order valence-corrected chi connectivity index (χ4v) is 3.50. The molecule has 0 amide bonds. The van der Waals surface area contributed by atoms with Gasteiger partial charge in [-0.05, 0) is 46.7 Å². The maximum atomic E-state index is 6.06. The molecule has 1 aliphatic rings. The molecule has 4 nitrogen and oxygen atoms in total. The number of ether oxygens (including phenoxy) is 2. The third kappa shape index (κ3) is 3.87. The summed E-state index contributed by atoms with van der Waals surface area (Å²) in [6.45, 7) is 3.69. The van der Waals surface area contributed by atoms with Crippen molar-refractivity contribution in [1.29, 1.82) is 0 Å². The summed E-state index contributed by atoms with van der Waals surface area (Å²) in [5.41, 5.74) is 2.39.